The third-order valence-corrected chi connectivity index (χ3v) is 11.0. The number of hydrogen-bond donors (Lipinski definition) is 0. The highest BCUT2D eigenvalue weighted by molar-refractivity contribution is 5.71. The van der Waals surface area contributed by atoms with Crippen LogP contribution in [-0.2, 0) is 28.6 Å². The van der Waals surface area contributed by atoms with Crippen molar-refractivity contribution in [1.29, 1.82) is 0 Å². The molecule has 1 unspecified atom stereocenters. The second-order valence-corrected chi connectivity index (χ2v) is 16.8. The van der Waals surface area contributed by atoms with Gasteiger partial charge in [0, 0.05) is 19.3 Å². The van der Waals surface area contributed by atoms with E-state index in [4.69, 9.17) is 14.2 Å². The maximum atomic E-state index is 12.7. The zero-order chi connectivity index (χ0) is 41.5. The predicted molar refractivity (Wildman–Crippen MR) is 243 cm³/mol. The number of carbonyl (C=O) groups excluding carboxylic acids is 3. The summed E-state index contributed by atoms with van der Waals surface area (Å²) in [6.07, 6.45) is 51.6. The lowest BCUT2D eigenvalue weighted by atomic mass is 10.0. The Morgan fingerprint density at radius 1 is 0.351 bits per heavy atom. The van der Waals surface area contributed by atoms with Gasteiger partial charge in [-0.15, -0.1) is 0 Å². The summed E-state index contributed by atoms with van der Waals surface area (Å²) >= 11 is 0. The van der Waals surface area contributed by atoms with Crippen LogP contribution in [0, 0.1) is 0 Å². The summed E-state index contributed by atoms with van der Waals surface area (Å²) in [7, 11) is 0. The van der Waals surface area contributed by atoms with Crippen molar-refractivity contribution in [2.75, 3.05) is 13.2 Å². The zero-order valence-electron chi connectivity index (χ0n) is 38.1. The smallest absolute Gasteiger partial charge is 0.306 e. The molecular weight excluding hydrogens is 709 g/mol. The van der Waals surface area contributed by atoms with Gasteiger partial charge in [-0.05, 0) is 44.9 Å². The molecule has 0 aromatic heterocycles. The van der Waals surface area contributed by atoms with Gasteiger partial charge in [-0.3, -0.25) is 14.4 Å². The van der Waals surface area contributed by atoms with E-state index in [1.807, 2.05) is 0 Å². The predicted octanol–water partition coefficient (Wildman–Crippen LogP) is 16.0. The zero-order valence-corrected chi connectivity index (χ0v) is 38.1. The summed E-state index contributed by atoms with van der Waals surface area (Å²) in [5, 5.41) is 0. The van der Waals surface area contributed by atoms with E-state index in [2.05, 4.69) is 45.1 Å². The van der Waals surface area contributed by atoms with Crippen LogP contribution in [0.25, 0.3) is 0 Å². The van der Waals surface area contributed by atoms with E-state index < -0.39 is 6.10 Å². The largest absolute Gasteiger partial charge is 0.462 e. The van der Waals surface area contributed by atoms with Crippen molar-refractivity contribution in [3.8, 4) is 0 Å². The molecule has 0 bridgehead atoms. The Bertz CT molecular complexity index is 927. The van der Waals surface area contributed by atoms with Gasteiger partial charge in [0.15, 0.2) is 6.10 Å². The molecule has 0 radical (unpaired) electrons. The van der Waals surface area contributed by atoms with Crippen LogP contribution in [0.15, 0.2) is 24.3 Å². The molecule has 0 saturated heterocycles. The summed E-state index contributed by atoms with van der Waals surface area (Å²) in [6.45, 7) is 6.61. The van der Waals surface area contributed by atoms with E-state index in [1.54, 1.807) is 0 Å². The Hall–Kier alpha value is -2.11. The summed E-state index contributed by atoms with van der Waals surface area (Å²) in [5.41, 5.74) is 0. The van der Waals surface area contributed by atoms with Gasteiger partial charge in [0.2, 0.25) is 0 Å². The Labute approximate surface area is 353 Å². The standard InChI is InChI=1S/C51H94O6/c1-4-7-10-13-16-19-22-24-25-26-28-29-32-35-38-41-44-50(53)56-47-48(46-55-49(52)43-40-37-34-31-21-18-15-12-9-6-3)57-51(54)45-42-39-36-33-30-27-23-20-17-14-11-8-5-2/h25-26,28-29,48H,4-24,27,30-47H2,1-3H3/b26-25-,29-28-. The molecular formula is C51H94O6. The topological polar surface area (TPSA) is 78.9 Å². The summed E-state index contributed by atoms with van der Waals surface area (Å²) < 4.78 is 16.7. The quantitative estimate of drug-likeness (QED) is 0.0264. The van der Waals surface area contributed by atoms with E-state index >= 15 is 0 Å². The Morgan fingerprint density at radius 2 is 0.614 bits per heavy atom. The van der Waals surface area contributed by atoms with Gasteiger partial charge >= 0.3 is 17.9 Å². The van der Waals surface area contributed by atoms with Crippen LogP contribution in [0.1, 0.15) is 265 Å². The van der Waals surface area contributed by atoms with Crippen molar-refractivity contribution in [3.05, 3.63) is 24.3 Å². The van der Waals surface area contributed by atoms with E-state index in [9.17, 15) is 14.4 Å². The maximum absolute atomic E-state index is 12.7. The number of hydrogen-bond acceptors (Lipinski definition) is 6. The molecule has 6 nitrogen and oxygen atoms in total. The number of ether oxygens (including phenoxy) is 3. The maximum Gasteiger partial charge on any atom is 0.306 e. The van der Waals surface area contributed by atoms with Gasteiger partial charge in [0.05, 0.1) is 0 Å². The first-order valence-corrected chi connectivity index (χ1v) is 24.9. The second kappa shape index (κ2) is 46.6. The van der Waals surface area contributed by atoms with Crippen LogP contribution < -0.4 is 0 Å². The van der Waals surface area contributed by atoms with Crippen molar-refractivity contribution >= 4 is 17.9 Å². The van der Waals surface area contributed by atoms with Crippen LogP contribution in [0.4, 0.5) is 0 Å². The highest BCUT2D eigenvalue weighted by Gasteiger charge is 2.19. The van der Waals surface area contributed by atoms with E-state index in [0.717, 1.165) is 70.6 Å². The minimum absolute atomic E-state index is 0.0754. The molecule has 6 heteroatoms. The molecule has 0 spiro atoms. The normalized spacial score (nSPS) is 12.1. The van der Waals surface area contributed by atoms with E-state index in [0.29, 0.717) is 19.3 Å². The Balaban J connectivity index is 4.36. The van der Waals surface area contributed by atoms with Crippen molar-refractivity contribution in [2.24, 2.45) is 0 Å². The third kappa shape index (κ3) is 44.8. The first-order chi connectivity index (χ1) is 28.0. The van der Waals surface area contributed by atoms with Gasteiger partial charge in [-0.2, -0.15) is 0 Å². The molecule has 0 aliphatic rings. The average molecular weight is 803 g/mol. The molecule has 57 heavy (non-hydrogen) atoms. The molecule has 0 rings (SSSR count). The molecule has 334 valence electrons. The Kier molecular flexibility index (Phi) is 44.9. The highest BCUT2D eigenvalue weighted by atomic mass is 16.6. The SMILES string of the molecule is CCCCCCCCC/C=C\C=C/CCCCCC(=O)OCC(COC(=O)CCCCCCCCCCCC)OC(=O)CCCCCCCCCCCCCCC. The molecule has 0 N–H and O–H groups in total. The molecule has 0 aliphatic heterocycles. The Morgan fingerprint density at radius 3 is 0.947 bits per heavy atom. The summed E-state index contributed by atoms with van der Waals surface area (Å²) in [4.78, 5) is 37.8. The fraction of sp³-hybridized carbons (Fsp3) is 0.863. The summed E-state index contributed by atoms with van der Waals surface area (Å²) in [5.74, 6) is -0.894. The van der Waals surface area contributed by atoms with Crippen molar-refractivity contribution in [1.82, 2.24) is 0 Å². The number of allylic oxidation sites excluding steroid dienone is 4. The number of carbonyl (C=O) groups is 3. The van der Waals surface area contributed by atoms with E-state index in [1.165, 1.54) is 154 Å². The molecule has 0 amide bonds. The number of rotatable bonds is 45. The highest BCUT2D eigenvalue weighted by Crippen LogP contribution is 2.15. The third-order valence-electron chi connectivity index (χ3n) is 11.0. The fourth-order valence-corrected chi connectivity index (χ4v) is 7.20. The van der Waals surface area contributed by atoms with Crippen LogP contribution in [0.5, 0.6) is 0 Å². The van der Waals surface area contributed by atoms with Gasteiger partial charge in [-0.25, -0.2) is 0 Å². The van der Waals surface area contributed by atoms with Gasteiger partial charge in [0.1, 0.15) is 13.2 Å². The van der Waals surface area contributed by atoms with Gasteiger partial charge in [0.25, 0.3) is 0 Å². The minimum Gasteiger partial charge on any atom is -0.462 e. The second-order valence-electron chi connectivity index (χ2n) is 16.8. The number of unbranched alkanes of at least 4 members (excludes halogenated alkanes) is 31. The molecule has 0 fully saturated rings. The molecule has 0 heterocycles. The molecule has 0 aliphatic carbocycles. The molecule has 0 aromatic carbocycles. The average Bonchev–Trinajstić information content (AvgIpc) is 3.21. The van der Waals surface area contributed by atoms with E-state index in [-0.39, 0.29) is 31.1 Å². The van der Waals surface area contributed by atoms with Crippen molar-refractivity contribution in [3.63, 3.8) is 0 Å². The molecule has 0 saturated carbocycles. The lowest BCUT2D eigenvalue weighted by Gasteiger charge is -2.18. The minimum atomic E-state index is -0.774. The summed E-state index contributed by atoms with van der Waals surface area (Å²) in [6, 6.07) is 0. The van der Waals surface area contributed by atoms with Crippen LogP contribution in [0.3, 0.4) is 0 Å². The van der Waals surface area contributed by atoms with Gasteiger partial charge in [-0.1, -0.05) is 225 Å². The van der Waals surface area contributed by atoms with Gasteiger partial charge < -0.3 is 14.2 Å². The van der Waals surface area contributed by atoms with Crippen molar-refractivity contribution in [2.45, 2.75) is 271 Å². The first kappa shape index (κ1) is 54.9. The van der Waals surface area contributed by atoms with Crippen LogP contribution in [0.2, 0.25) is 0 Å². The lowest BCUT2D eigenvalue weighted by molar-refractivity contribution is -0.167. The lowest BCUT2D eigenvalue weighted by Crippen LogP contribution is -2.30. The van der Waals surface area contributed by atoms with Crippen molar-refractivity contribution < 1.29 is 28.6 Å². The molecule has 0 aromatic rings. The van der Waals surface area contributed by atoms with Crippen LogP contribution >= 0.6 is 0 Å². The number of esters is 3. The monoisotopic (exact) mass is 803 g/mol. The molecule has 1 atom stereocenters. The fourth-order valence-electron chi connectivity index (χ4n) is 7.20. The first-order valence-electron chi connectivity index (χ1n) is 24.9. The van der Waals surface area contributed by atoms with Crippen LogP contribution in [-0.4, -0.2) is 37.2 Å².